The molecule has 0 radical (unpaired) electrons. The van der Waals surface area contributed by atoms with Crippen LogP contribution in [0.25, 0.3) is 0 Å². The number of nitrogen functional groups attached to an aromatic ring is 1. The molecule has 0 spiro atoms. The van der Waals surface area contributed by atoms with Gasteiger partial charge in [-0.3, -0.25) is 19.4 Å². The summed E-state index contributed by atoms with van der Waals surface area (Å²) in [7, 11) is 1.53. The summed E-state index contributed by atoms with van der Waals surface area (Å²) in [6.45, 7) is 0.241. The number of nitrogens with zero attached hydrogens (tertiary/aromatic N) is 1. The topological polar surface area (TPSA) is 150 Å². The Morgan fingerprint density at radius 2 is 2.08 bits per heavy atom. The van der Waals surface area contributed by atoms with Gasteiger partial charge in [-0.25, -0.2) is 4.79 Å². The van der Waals surface area contributed by atoms with Gasteiger partial charge in [0.1, 0.15) is 17.1 Å². The number of amides is 2. The zero-order valence-corrected chi connectivity index (χ0v) is 13.9. The fourth-order valence-corrected chi connectivity index (χ4v) is 2.76. The molecule has 1 aromatic carbocycles. The maximum atomic E-state index is 12.3. The molecular weight excluding hydrogens is 342 g/mol. The fraction of sp³-hybridized carbons (Fsp3) is 0.250. The average Bonchev–Trinajstić information content (AvgIpc) is 2.98. The first-order chi connectivity index (χ1) is 12.4. The van der Waals surface area contributed by atoms with Crippen LogP contribution in [0.5, 0.6) is 5.75 Å². The number of aromatic amines is 2. The van der Waals surface area contributed by atoms with E-state index in [-0.39, 0.29) is 24.6 Å². The molecule has 1 aliphatic rings. The Morgan fingerprint density at radius 1 is 1.31 bits per heavy atom. The minimum atomic E-state index is -0.848. The van der Waals surface area contributed by atoms with E-state index in [0.29, 0.717) is 11.4 Å². The summed E-state index contributed by atoms with van der Waals surface area (Å²) < 4.78 is 5.15. The van der Waals surface area contributed by atoms with Gasteiger partial charge in [-0.05, 0) is 12.1 Å². The normalized spacial score (nSPS) is 16.6. The van der Waals surface area contributed by atoms with Gasteiger partial charge >= 0.3 is 5.69 Å². The van der Waals surface area contributed by atoms with Gasteiger partial charge < -0.3 is 25.7 Å². The molecular formula is C16H17N5O5. The van der Waals surface area contributed by atoms with E-state index in [4.69, 9.17) is 10.5 Å². The van der Waals surface area contributed by atoms with Crippen LogP contribution in [0.3, 0.4) is 0 Å². The highest BCUT2D eigenvalue weighted by molar-refractivity contribution is 6.00. The molecule has 3 rings (SSSR count). The summed E-state index contributed by atoms with van der Waals surface area (Å²) in [5, 5.41) is 2.61. The Labute approximate surface area is 147 Å². The van der Waals surface area contributed by atoms with Crippen LogP contribution < -0.4 is 31.9 Å². The van der Waals surface area contributed by atoms with Gasteiger partial charge in [0.2, 0.25) is 5.91 Å². The number of nitrogens with two attached hydrogens (primary N) is 1. The number of hydrogen-bond acceptors (Lipinski definition) is 6. The van der Waals surface area contributed by atoms with Crippen molar-refractivity contribution in [2.45, 2.75) is 12.5 Å². The smallest absolute Gasteiger partial charge is 0.326 e. The third-order valence-electron chi connectivity index (χ3n) is 4.03. The summed E-state index contributed by atoms with van der Waals surface area (Å²) in [6, 6.07) is 6.50. The maximum absolute atomic E-state index is 12.3. The number of anilines is 2. The van der Waals surface area contributed by atoms with Crippen LogP contribution in [0.15, 0.2) is 33.9 Å². The summed E-state index contributed by atoms with van der Waals surface area (Å²) >= 11 is 0. The lowest BCUT2D eigenvalue weighted by molar-refractivity contribution is -0.117. The van der Waals surface area contributed by atoms with Crippen molar-refractivity contribution in [3.05, 3.63) is 50.8 Å². The van der Waals surface area contributed by atoms with Crippen LogP contribution in [-0.2, 0) is 4.79 Å². The summed E-state index contributed by atoms with van der Waals surface area (Å²) in [4.78, 5) is 53.1. The van der Waals surface area contributed by atoms with Crippen LogP contribution in [0, 0.1) is 0 Å². The molecule has 2 heterocycles. The van der Waals surface area contributed by atoms with Crippen LogP contribution in [0.2, 0.25) is 0 Å². The second-order valence-electron chi connectivity index (χ2n) is 5.78. The van der Waals surface area contributed by atoms with Crippen molar-refractivity contribution in [2.75, 3.05) is 24.3 Å². The first kappa shape index (κ1) is 17.3. The van der Waals surface area contributed by atoms with Crippen LogP contribution in [0.4, 0.5) is 11.4 Å². The zero-order valence-electron chi connectivity index (χ0n) is 13.9. The van der Waals surface area contributed by atoms with Gasteiger partial charge in [-0.2, -0.15) is 0 Å². The van der Waals surface area contributed by atoms with Gasteiger partial charge in [-0.15, -0.1) is 0 Å². The molecule has 0 aliphatic carbocycles. The van der Waals surface area contributed by atoms with Crippen molar-refractivity contribution in [3.63, 3.8) is 0 Å². The Bertz CT molecular complexity index is 979. The summed E-state index contributed by atoms with van der Waals surface area (Å²) in [6.07, 6.45) is 0.0796. The van der Waals surface area contributed by atoms with Crippen molar-refractivity contribution in [1.82, 2.24) is 15.3 Å². The molecule has 1 unspecified atom stereocenters. The van der Waals surface area contributed by atoms with Gasteiger partial charge in [0.15, 0.2) is 0 Å². The summed E-state index contributed by atoms with van der Waals surface area (Å²) in [5.41, 5.74) is 3.78. The molecule has 26 heavy (non-hydrogen) atoms. The zero-order chi connectivity index (χ0) is 18.8. The maximum Gasteiger partial charge on any atom is 0.326 e. The fourth-order valence-electron chi connectivity index (χ4n) is 2.76. The monoisotopic (exact) mass is 359 g/mol. The highest BCUT2D eigenvalue weighted by atomic mass is 16.5. The first-order valence-corrected chi connectivity index (χ1v) is 7.76. The number of ether oxygens (including phenoxy) is 1. The molecule has 1 atom stereocenters. The second-order valence-corrected chi connectivity index (χ2v) is 5.78. The highest BCUT2D eigenvalue weighted by Crippen LogP contribution is 2.25. The third kappa shape index (κ3) is 3.29. The van der Waals surface area contributed by atoms with Gasteiger partial charge in [0, 0.05) is 24.7 Å². The highest BCUT2D eigenvalue weighted by Gasteiger charge is 2.32. The first-order valence-electron chi connectivity index (χ1n) is 7.76. The number of hydrogen-bond donors (Lipinski definition) is 4. The van der Waals surface area contributed by atoms with Gasteiger partial charge in [0.05, 0.1) is 13.2 Å². The predicted octanol–water partition coefficient (Wildman–Crippen LogP) is -0.811. The van der Waals surface area contributed by atoms with E-state index < -0.39 is 28.9 Å². The van der Waals surface area contributed by atoms with Crippen LogP contribution in [0.1, 0.15) is 16.9 Å². The van der Waals surface area contributed by atoms with Gasteiger partial charge in [-0.1, -0.05) is 6.07 Å². The molecule has 0 saturated carbocycles. The van der Waals surface area contributed by atoms with Crippen molar-refractivity contribution < 1.29 is 14.3 Å². The minimum Gasteiger partial charge on any atom is -0.497 e. The lowest BCUT2D eigenvalue weighted by atomic mass is 10.2. The molecule has 1 aromatic heterocycles. The Hall–Kier alpha value is -3.56. The second kappa shape index (κ2) is 6.75. The number of carbonyl (C=O) groups excluding carboxylic acids is 2. The number of aromatic nitrogens is 2. The van der Waals surface area contributed by atoms with Crippen molar-refractivity contribution >= 4 is 23.2 Å². The Morgan fingerprint density at radius 3 is 2.81 bits per heavy atom. The van der Waals surface area contributed by atoms with E-state index in [1.807, 2.05) is 4.98 Å². The Kier molecular flexibility index (Phi) is 4.48. The third-order valence-corrected chi connectivity index (χ3v) is 4.03. The number of methoxy groups -OCH3 is 1. The Balaban J connectivity index is 1.76. The minimum absolute atomic E-state index is 0.0796. The number of nitrogens with one attached hydrogen (secondary N) is 3. The lowest BCUT2D eigenvalue weighted by Gasteiger charge is -2.18. The number of carbonyl (C=O) groups is 2. The molecule has 5 N–H and O–H groups in total. The lowest BCUT2D eigenvalue weighted by Crippen LogP contribution is -2.40. The van der Waals surface area contributed by atoms with Crippen LogP contribution in [-0.4, -0.2) is 41.5 Å². The molecule has 2 amide bonds. The number of benzene rings is 1. The van der Waals surface area contributed by atoms with Gasteiger partial charge in [0.25, 0.3) is 11.5 Å². The molecule has 1 fully saturated rings. The average molecular weight is 359 g/mol. The SMILES string of the molecule is COc1cccc(N2CC(NC(=O)c3[nH]c(=O)[nH]c(=O)c3N)CC2=O)c1. The largest absolute Gasteiger partial charge is 0.497 e. The predicted molar refractivity (Wildman–Crippen MR) is 93.3 cm³/mol. The molecule has 1 saturated heterocycles. The van der Waals surface area contributed by atoms with Crippen molar-refractivity contribution in [2.24, 2.45) is 0 Å². The molecule has 10 heteroatoms. The molecule has 1 aliphatic heterocycles. The van der Waals surface area contributed by atoms with E-state index >= 15 is 0 Å². The standard InChI is InChI=1S/C16H17N5O5/c1-26-10-4-2-3-9(6-10)21-7-8(5-11(21)22)18-15(24)13-12(17)14(23)20-16(25)19-13/h2-4,6,8H,5,7,17H2,1H3,(H,18,24)(H2,19,20,23,25). The van der Waals surface area contributed by atoms with E-state index in [2.05, 4.69) is 10.3 Å². The van der Waals surface area contributed by atoms with Crippen molar-refractivity contribution in [1.29, 1.82) is 0 Å². The molecule has 10 nitrogen and oxygen atoms in total. The molecule has 2 aromatic rings. The van der Waals surface area contributed by atoms with E-state index in [1.54, 1.807) is 24.3 Å². The van der Waals surface area contributed by atoms with Crippen molar-refractivity contribution in [3.8, 4) is 5.75 Å². The molecule has 136 valence electrons. The number of H-pyrrole nitrogens is 2. The van der Waals surface area contributed by atoms with E-state index in [1.165, 1.54) is 12.0 Å². The van der Waals surface area contributed by atoms with E-state index in [0.717, 1.165) is 0 Å². The van der Waals surface area contributed by atoms with E-state index in [9.17, 15) is 19.2 Å². The molecule has 0 bridgehead atoms. The summed E-state index contributed by atoms with van der Waals surface area (Å²) in [5.74, 6) is -0.288. The number of rotatable bonds is 4. The van der Waals surface area contributed by atoms with Crippen LogP contribution >= 0.6 is 0 Å². The quantitative estimate of drug-likeness (QED) is 0.560.